The van der Waals surface area contributed by atoms with Crippen molar-refractivity contribution in [2.45, 2.75) is 38.8 Å². The first-order valence-corrected chi connectivity index (χ1v) is 10.4. The molecule has 1 amide bonds. The maximum absolute atomic E-state index is 13.3. The standard InChI is InChI=1S/C20H24ClF2N5O2.ClH/c1-11-6-8-28(20(11)29)9-14-17-12(5-7-24-14)13(21)3-4-16(17)30-10-15-18(19(22)23)27(2)26-25-15;/h3-4,11,14,19,24H,5-10H2,1-2H3;1H/t11-,14-;/m1./s1. The largest absolute Gasteiger partial charge is 0.487 e. The molecule has 0 bridgehead atoms. The van der Waals surface area contributed by atoms with Gasteiger partial charge in [0.05, 0.1) is 6.04 Å². The molecule has 1 fully saturated rings. The SMILES string of the molecule is C[C@@H]1CCN(C[C@H]2NCCc3c(Cl)ccc(OCc4nnn(C)c4C(F)F)c32)C1=O.Cl. The molecule has 170 valence electrons. The van der Waals surface area contributed by atoms with Crippen molar-refractivity contribution in [1.82, 2.24) is 25.2 Å². The average Bonchev–Trinajstić information content (AvgIpc) is 3.24. The zero-order chi connectivity index (χ0) is 21.4. The molecule has 31 heavy (non-hydrogen) atoms. The van der Waals surface area contributed by atoms with Crippen molar-refractivity contribution in [2.75, 3.05) is 19.6 Å². The number of aromatic nitrogens is 3. The Morgan fingerprint density at radius 3 is 2.84 bits per heavy atom. The fourth-order valence-electron chi connectivity index (χ4n) is 4.23. The van der Waals surface area contributed by atoms with E-state index in [9.17, 15) is 13.6 Å². The molecule has 0 spiro atoms. The molecule has 11 heteroatoms. The Labute approximate surface area is 190 Å². The Balaban J connectivity index is 0.00000272. The molecule has 1 N–H and O–H groups in total. The van der Waals surface area contributed by atoms with Crippen molar-refractivity contribution in [3.05, 3.63) is 39.7 Å². The fourth-order valence-corrected chi connectivity index (χ4v) is 4.49. The van der Waals surface area contributed by atoms with Crippen LogP contribution in [0.1, 0.15) is 48.3 Å². The minimum absolute atomic E-state index is 0. The van der Waals surface area contributed by atoms with Crippen molar-refractivity contribution >= 4 is 29.9 Å². The van der Waals surface area contributed by atoms with Gasteiger partial charge in [0, 0.05) is 36.6 Å². The van der Waals surface area contributed by atoms with E-state index in [-0.39, 0.29) is 48.3 Å². The molecular weight excluding hydrogens is 451 g/mol. The Morgan fingerprint density at radius 2 is 2.16 bits per heavy atom. The van der Waals surface area contributed by atoms with Crippen molar-refractivity contribution in [3.8, 4) is 5.75 Å². The highest BCUT2D eigenvalue weighted by atomic mass is 35.5. The minimum Gasteiger partial charge on any atom is -0.487 e. The zero-order valence-electron chi connectivity index (χ0n) is 17.3. The number of halogens is 4. The highest BCUT2D eigenvalue weighted by Crippen LogP contribution is 2.38. The molecule has 0 saturated carbocycles. The summed E-state index contributed by atoms with van der Waals surface area (Å²) in [6.45, 7) is 3.78. The van der Waals surface area contributed by atoms with Gasteiger partial charge in [0.15, 0.2) is 0 Å². The Hall–Kier alpha value is -1.97. The number of nitrogens with one attached hydrogen (secondary N) is 1. The number of fused-ring (bicyclic) bond motifs is 1. The van der Waals surface area contributed by atoms with Gasteiger partial charge in [0.2, 0.25) is 5.91 Å². The molecule has 1 aromatic heterocycles. The third-order valence-electron chi connectivity index (χ3n) is 5.86. The van der Waals surface area contributed by atoms with Crippen LogP contribution in [0.25, 0.3) is 0 Å². The summed E-state index contributed by atoms with van der Waals surface area (Å²) in [6, 6.07) is 3.35. The van der Waals surface area contributed by atoms with Gasteiger partial charge in [0.25, 0.3) is 6.43 Å². The number of benzene rings is 1. The first-order chi connectivity index (χ1) is 14.4. The summed E-state index contributed by atoms with van der Waals surface area (Å²) in [6.07, 6.45) is -1.12. The second-order valence-electron chi connectivity index (χ2n) is 7.80. The van der Waals surface area contributed by atoms with Gasteiger partial charge < -0.3 is 15.0 Å². The third kappa shape index (κ3) is 4.63. The topological polar surface area (TPSA) is 72.3 Å². The maximum Gasteiger partial charge on any atom is 0.282 e. The molecule has 2 aliphatic heterocycles. The molecular formula is C20H25Cl2F2N5O2. The number of rotatable bonds is 6. The smallest absolute Gasteiger partial charge is 0.282 e. The number of likely N-dealkylation sites (tertiary alicyclic amines) is 1. The van der Waals surface area contributed by atoms with Gasteiger partial charge in [0.1, 0.15) is 23.7 Å². The molecule has 2 aromatic rings. The second kappa shape index (κ2) is 9.67. The van der Waals surface area contributed by atoms with E-state index in [4.69, 9.17) is 16.3 Å². The predicted octanol–water partition coefficient (Wildman–Crippen LogP) is 3.46. The molecule has 0 aliphatic carbocycles. The number of hydrogen-bond donors (Lipinski definition) is 1. The van der Waals surface area contributed by atoms with E-state index >= 15 is 0 Å². The third-order valence-corrected chi connectivity index (χ3v) is 6.21. The Bertz CT molecular complexity index is 956. The van der Waals surface area contributed by atoms with Crippen LogP contribution in [-0.2, 0) is 24.9 Å². The predicted molar refractivity (Wildman–Crippen MR) is 114 cm³/mol. The van der Waals surface area contributed by atoms with Gasteiger partial charge in [-0.05, 0) is 37.1 Å². The average molecular weight is 476 g/mol. The summed E-state index contributed by atoms with van der Waals surface area (Å²) < 4.78 is 33.6. The van der Waals surface area contributed by atoms with Gasteiger partial charge in [-0.25, -0.2) is 13.5 Å². The van der Waals surface area contributed by atoms with Crippen molar-refractivity contribution < 1.29 is 18.3 Å². The summed E-state index contributed by atoms with van der Waals surface area (Å²) in [5.41, 5.74) is 1.68. The first-order valence-electron chi connectivity index (χ1n) is 9.99. The number of ether oxygens (including phenoxy) is 1. The lowest BCUT2D eigenvalue weighted by Gasteiger charge is -2.32. The highest BCUT2D eigenvalue weighted by Gasteiger charge is 2.33. The molecule has 0 unspecified atom stereocenters. The Kier molecular flexibility index (Phi) is 7.39. The quantitative estimate of drug-likeness (QED) is 0.692. The van der Waals surface area contributed by atoms with Crippen LogP contribution in [0.3, 0.4) is 0 Å². The van der Waals surface area contributed by atoms with Gasteiger partial charge >= 0.3 is 0 Å². The lowest BCUT2D eigenvalue weighted by atomic mass is 9.92. The molecule has 7 nitrogen and oxygen atoms in total. The van der Waals surface area contributed by atoms with E-state index in [1.54, 1.807) is 12.1 Å². The van der Waals surface area contributed by atoms with Crippen LogP contribution in [0.5, 0.6) is 5.75 Å². The van der Waals surface area contributed by atoms with E-state index in [1.165, 1.54) is 7.05 Å². The number of carbonyl (C=O) groups is 1. The number of aryl methyl sites for hydroxylation is 1. The summed E-state index contributed by atoms with van der Waals surface area (Å²) in [4.78, 5) is 14.3. The molecule has 4 rings (SSSR count). The van der Waals surface area contributed by atoms with E-state index in [2.05, 4.69) is 15.6 Å². The maximum atomic E-state index is 13.3. The van der Waals surface area contributed by atoms with Crippen molar-refractivity contribution in [2.24, 2.45) is 13.0 Å². The Morgan fingerprint density at radius 1 is 1.39 bits per heavy atom. The van der Waals surface area contributed by atoms with E-state index in [0.717, 1.165) is 41.7 Å². The second-order valence-corrected chi connectivity index (χ2v) is 8.21. The lowest BCUT2D eigenvalue weighted by Crippen LogP contribution is -2.40. The van der Waals surface area contributed by atoms with E-state index in [1.807, 2.05) is 11.8 Å². The minimum atomic E-state index is -2.69. The van der Waals surface area contributed by atoms with Crippen LogP contribution in [0, 0.1) is 5.92 Å². The van der Waals surface area contributed by atoms with Gasteiger partial charge in [-0.3, -0.25) is 4.79 Å². The number of nitrogens with zero attached hydrogens (tertiary/aromatic N) is 4. The fraction of sp³-hybridized carbons (Fsp3) is 0.550. The summed E-state index contributed by atoms with van der Waals surface area (Å²) in [5, 5.41) is 11.6. The molecule has 0 radical (unpaired) electrons. The monoisotopic (exact) mass is 475 g/mol. The number of amides is 1. The van der Waals surface area contributed by atoms with Crippen LogP contribution in [0.4, 0.5) is 8.78 Å². The molecule has 2 aliphatic rings. The van der Waals surface area contributed by atoms with Crippen LogP contribution in [0.15, 0.2) is 12.1 Å². The summed E-state index contributed by atoms with van der Waals surface area (Å²) in [7, 11) is 1.43. The molecule has 3 heterocycles. The van der Waals surface area contributed by atoms with Crippen LogP contribution in [0.2, 0.25) is 5.02 Å². The van der Waals surface area contributed by atoms with Crippen LogP contribution < -0.4 is 10.1 Å². The van der Waals surface area contributed by atoms with Gasteiger partial charge in [-0.15, -0.1) is 17.5 Å². The summed E-state index contributed by atoms with van der Waals surface area (Å²) >= 11 is 6.45. The zero-order valence-corrected chi connectivity index (χ0v) is 18.8. The normalized spacial score (nSPS) is 20.7. The number of carbonyl (C=O) groups excluding carboxylic acids is 1. The summed E-state index contributed by atoms with van der Waals surface area (Å²) in [5.74, 6) is 0.735. The molecule has 1 aromatic carbocycles. The van der Waals surface area contributed by atoms with E-state index in [0.29, 0.717) is 17.3 Å². The van der Waals surface area contributed by atoms with Crippen molar-refractivity contribution in [1.29, 1.82) is 0 Å². The molecule has 1 saturated heterocycles. The number of hydrogen-bond acceptors (Lipinski definition) is 5. The molecule has 2 atom stereocenters. The lowest BCUT2D eigenvalue weighted by molar-refractivity contribution is -0.130. The van der Waals surface area contributed by atoms with Crippen LogP contribution in [-0.4, -0.2) is 45.4 Å². The van der Waals surface area contributed by atoms with Gasteiger partial charge in [-0.2, -0.15) is 0 Å². The number of alkyl halides is 2. The first kappa shape index (κ1) is 23.7. The van der Waals surface area contributed by atoms with Crippen molar-refractivity contribution in [3.63, 3.8) is 0 Å². The van der Waals surface area contributed by atoms with Crippen LogP contribution >= 0.6 is 24.0 Å². The van der Waals surface area contributed by atoms with E-state index < -0.39 is 6.43 Å². The highest BCUT2D eigenvalue weighted by molar-refractivity contribution is 6.31. The van der Waals surface area contributed by atoms with Gasteiger partial charge in [-0.1, -0.05) is 23.7 Å².